The average molecular weight is 339 g/mol. The van der Waals surface area contributed by atoms with Crippen LogP contribution in [0.15, 0.2) is 35.6 Å². The molecule has 0 amide bonds. The van der Waals surface area contributed by atoms with Crippen LogP contribution >= 0.6 is 0 Å². The van der Waals surface area contributed by atoms with Crippen molar-refractivity contribution in [2.75, 3.05) is 6.54 Å². The molecule has 0 fully saturated rings. The molecular weight excluding hydrogens is 319 g/mol. The molecule has 0 aromatic rings. The zero-order valence-electron chi connectivity index (χ0n) is 12.5. The van der Waals surface area contributed by atoms with Crippen LogP contribution in [0.25, 0.3) is 0 Å². The second kappa shape index (κ2) is 7.82. The van der Waals surface area contributed by atoms with Crippen LogP contribution in [0, 0.1) is 0 Å². The first-order chi connectivity index (χ1) is 10.3. The fourth-order valence-electron chi connectivity index (χ4n) is 2.00. The summed E-state index contributed by atoms with van der Waals surface area (Å²) in [5, 5.41) is 2.91. The van der Waals surface area contributed by atoms with Crippen molar-refractivity contribution in [1.82, 2.24) is 5.32 Å². The van der Waals surface area contributed by atoms with Gasteiger partial charge in [0.05, 0.1) is 12.6 Å². The molecule has 0 aromatic carbocycles. The van der Waals surface area contributed by atoms with Gasteiger partial charge in [-0.2, -0.15) is 21.6 Å². The number of hydrogen-bond acceptors (Lipinski definition) is 4. The minimum Gasteiger partial charge on any atom is -0.379 e. The lowest BCUT2D eigenvalue weighted by Crippen LogP contribution is -2.27. The van der Waals surface area contributed by atoms with Crippen molar-refractivity contribution in [2.45, 2.75) is 44.7 Å². The Morgan fingerprint density at radius 2 is 1.95 bits per heavy atom. The normalized spacial score (nSPS) is 22.1. The molecule has 0 saturated heterocycles. The molecule has 4 nitrogen and oxygen atoms in total. The lowest BCUT2D eigenvalue weighted by atomic mass is 10.1. The van der Waals surface area contributed by atoms with E-state index in [-0.39, 0.29) is 18.3 Å². The highest BCUT2D eigenvalue weighted by molar-refractivity contribution is 7.87. The second-order valence-corrected chi connectivity index (χ2v) is 6.05. The minimum absolute atomic E-state index is 0.0504. The van der Waals surface area contributed by atoms with E-state index in [2.05, 4.69) is 9.50 Å². The van der Waals surface area contributed by atoms with E-state index < -0.39 is 15.6 Å². The highest BCUT2D eigenvalue weighted by Crippen LogP contribution is 2.28. The molecule has 0 unspecified atom stereocenters. The Kier molecular flexibility index (Phi) is 6.67. The summed E-state index contributed by atoms with van der Waals surface area (Å²) < 4.78 is 62.5. The van der Waals surface area contributed by atoms with Gasteiger partial charge in [-0.3, -0.25) is 5.32 Å². The molecule has 8 heteroatoms. The van der Waals surface area contributed by atoms with Crippen molar-refractivity contribution in [3.05, 3.63) is 35.6 Å². The van der Waals surface area contributed by atoms with Gasteiger partial charge in [-0.25, -0.2) is 0 Å². The average Bonchev–Trinajstić information content (AvgIpc) is 2.73. The third-order valence-corrected chi connectivity index (χ3v) is 3.97. The van der Waals surface area contributed by atoms with Gasteiger partial charge in [-0.1, -0.05) is 32.1 Å². The standard InChI is InChI=1S/C12H14F3NO3S.C2H6/c13-12(14,15)20(17,18)19-10-7-11(16-8-10)9-5-3-1-2-4-6-9;1-2/h3,5-7,11,16H,1-2,4,8H2;1-2H3/t11-;/m0./s1. The summed E-state index contributed by atoms with van der Waals surface area (Å²) in [6, 6.07) is -0.317. The Hall–Kier alpha value is -1.28. The monoisotopic (exact) mass is 339 g/mol. The largest absolute Gasteiger partial charge is 0.534 e. The Morgan fingerprint density at radius 3 is 2.59 bits per heavy atom. The van der Waals surface area contributed by atoms with E-state index in [0.29, 0.717) is 0 Å². The van der Waals surface area contributed by atoms with Gasteiger partial charge < -0.3 is 4.18 Å². The van der Waals surface area contributed by atoms with Crippen LogP contribution in [0.1, 0.15) is 33.1 Å². The molecule has 126 valence electrons. The third-order valence-electron chi connectivity index (χ3n) is 2.97. The summed E-state index contributed by atoms with van der Waals surface area (Å²) in [6.07, 6.45) is 10.1. The van der Waals surface area contributed by atoms with Crippen LogP contribution in [-0.4, -0.2) is 26.5 Å². The van der Waals surface area contributed by atoms with Gasteiger partial charge in [0.2, 0.25) is 0 Å². The predicted octanol–water partition coefficient (Wildman–Crippen LogP) is 3.40. The molecule has 1 aliphatic heterocycles. The van der Waals surface area contributed by atoms with Gasteiger partial charge in [0, 0.05) is 0 Å². The van der Waals surface area contributed by atoms with Gasteiger partial charge in [0.25, 0.3) is 0 Å². The van der Waals surface area contributed by atoms with E-state index in [1.54, 1.807) is 0 Å². The summed E-state index contributed by atoms with van der Waals surface area (Å²) in [6.45, 7) is 3.95. The molecule has 0 aromatic heterocycles. The van der Waals surface area contributed by atoms with Crippen LogP contribution < -0.4 is 5.32 Å². The van der Waals surface area contributed by atoms with Crippen LogP contribution in [-0.2, 0) is 14.3 Å². The molecule has 22 heavy (non-hydrogen) atoms. The first kappa shape index (κ1) is 18.8. The zero-order valence-corrected chi connectivity index (χ0v) is 13.3. The number of hydrogen-bond donors (Lipinski definition) is 1. The van der Waals surface area contributed by atoms with E-state index in [9.17, 15) is 21.6 Å². The van der Waals surface area contributed by atoms with Crippen LogP contribution in [0.2, 0.25) is 0 Å². The van der Waals surface area contributed by atoms with Gasteiger partial charge in [0.1, 0.15) is 5.76 Å². The molecule has 1 atom stereocenters. The van der Waals surface area contributed by atoms with Gasteiger partial charge >= 0.3 is 15.6 Å². The molecule has 2 rings (SSSR count). The van der Waals surface area contributed by atoms with Crippen molar-refractivity contribution >= 4 is 10.1 Å². The fraction of sp³-hybridized carbons (Fsp3) is 0.571. The topological polar surface area (TPSA) is 55.4 Å². The lowest BCUT2D eigenvalue weighted by Gasteiger charge is -2.09. The highest BCUT2D eigenvalue weighted by atomic mass is 32.2. The number of rotatable bonds is 3. The summed E-state index contributed by atoms with van der Waals surface area (Å²) in [5.41, 5.74) is -4.50. The maximum Gasteiger partial charge on any atom is 0.534 e. The SMILES string of the molecule is CC.O=S(=O)(OC1=C[C@@H](C2=CCCCC=C2)NC1)C(F)(F)F. The molecular formula is C14H20F3NO3S. The Labute approximate surface area is 128 Å². The van der Waals surface area contributed by atoms with Gasteiger partial charge in [-0.15, -0.1) is 0 Å². The zero-order chi connectivity index (χ0) is 16.8. The highest BCUT2D eigenvalue weighted by Gasteiger charge is 2.49. The van der Waals surface area contributed by atoms with Crippen LogP contribution in [0.3, 0.4) is 0 Å². The predicted molar refractivity (Wildman–Crippen MR) is 78.4 cm³/mol. The van der Waals surface area contributed by atoms with E-state index in [1.165, 1.54) is 6.08 Å². The summed E-state index contributed by atoms with van der Waals surface area (Å²) >= 11 is 0. The fourth-order valence-corrected chi connectivity index (χ4v) is 2.49. The molecule has 0 radical (unpaired) electrons. The van der Waals surface area contributed by atoms with Crippen LogP contribution in [0.4, 0.5) is 13.2 Å². The molecule has 2 aliphatic rings. The summed E-state index contributed by atoms with van der Waals surface area (Å²) in [4.78, 5) is 0. The van der Waals surface area contributed by atoms with Crippen molar-refractivity contribution in [3.63, 3.8) is 0 Å². The van der Waals surface area contributed by atoms with Gasteiger partial charge in [-0.05, 0) is 30.9 Å². The maximum atomic E-state index is 12.2. The van der Waals surface area contributed by atoms with Crippen molar-refractivity contribution in [2.24, 2.45) is 0 Å². The minimum atomic E-state index is -5.59. The molecule has 1 N–H and O–H groups in total. The smallest absolute Gasteiger partial charge is 0.379 e. The number of halogens is 3. The Balaban J connectivity index is 0.00000116. The third kappa shape index (κ3) is 4.88. The van der Waals surface area contributed by atoms with E-state index in [1.807, 2.05) is 32.1 Å². The first-order valence-corrected chi connectivity index (χ1v) is 8.52. The van der Waals surface area contributed by atoms with E-state index in [4.69, 9.17) is 0 Å². The summed E-state index contributed by atoms with van der Waals surface area (Å²) in [5.74, 6) is -0.231. The van der Waals surface area contributed by atoms with Crippen molar-refractivity contribution in [1.29, 1.82) is 0 Å². The molecule has 1 aliphatic carbocycles. The maximum absolute atomic E-state index is 12.2. The molecule has 1 heterocycles. The summed E-state index contributed by atoms with van der Waals surface area (Å²) in [7, 11) is -5.59. The molecule has 0 bridgehead atoms. The van der Waals surface area contributed by atoms with Crippen molar-refractivity contribution < 1.29 is 25.8 Å². The quantitative estimate of drug-likeness (QED) is 0.632. The molecule has 0 spiro atoms. The lowest BCUT2D eigenvalue weighted by molar-refractivity contribution is -0.0522. The second-order valence-electron chi connectivity index (χ2n) is 4.51. The Morgan fingerprint density at radius 1 is 1.27 bits per heavy atom. The Bertz CT molecular complexity index is 562. The number of allylic oxidation sites excluding steroid dienone is 2. The van der Waals surface area contributed by atoms with E-state index in [0.717, 1.165) is 24.8 Å². The van der Waals surface area contributed by atoms with Crippen LogP contribution in [0.5, 0.6) is 0 Å². The first-order valence-electron chi connectivity index (χ1n) is 7.11. The van der Waals surface area contributed by atoms with E-state index >= 15 is 0 Å². The van der Waals surface area contributed by atoms with Crippen molar-refractivity contribution in [3.8, 4) is 0 Å². The van der Waals surface area contributed by atoms with Gasteiger partial charge in [0.15, 0.2) is 0 Å². The number of alkyl halides is 3. The number of nitrogens with one attached hydrogen (secondary N) is 1. The molecule has 0 saturated carbocycles.